The van der Waals surface area contributed by atoms with Crippen LogP contribution in [-0.2, 0) is 0 Å². The van der Waals surface area contributed by atoms with Gasteiger partial charge in [0.15, 0.2) is 0 Å². The Morgan fingerprint density at radius 1 is 1.25 bits per heavy atom. The number of nitrogens with zero attached hydrogens (tertiary/aromatic N) is 3. The lowest BCUT2D eigenvalue weighted by molar-refractivity contribution is 0.102. The number of carbonyl (C=O) groups excluding carboxylic acids is 1. The van der Waals surface area contributed by atoms with Gasteiger partial charge in [0.2, 0.25) is 5.95 Å². The number of nitrogens with one attached hydrogen (secondary N) is 1. The van der Waals surface area contributed by atoms with Gasteiger partial charge in [-0.05, 0) is 50.3 Å². The number of aryl methyl sites for hydroxylation is 2. The summed E-state index contributed by atoms with van der Waals surface area (Å²) in [6, 6.07) is 9.48. The molecule has 5 nitrogen and oxygen atoms in total. The van der Waals surface area contributed by atoms with E-state index < -0.39 is 0 Å². The molecule has 0 radical (unpaired) electrons. The van der Waals surface area contributed by atoms with Crippen molar-refractivity contribution in [2.45, 2.75) is 33.6 Å². The minimum absolute atomic E-state index is 0.193. The summed E-state index contributed by atoms with van der Waals surface area (Å²) in [5.74, 6) is 1.10. The smallest absolute Gasteiger partial charge is 0.274 e. The molecule has 1 N–H and O–H groups in total. The topological polar surface area (TPSA) is 58.1 Å². The van der Waals surface area contributed by atoms with Crippen LogP contribution in [0.2, 0.25) is 0 Å². The number of aromatic nitrogens is 2. The quantitative estimate of drug-likeness (QED) is 0.937. The van der Waals surface area contributed by atoms with E-state index in [0.29, 0.717) is 17.6 Å². The molecule has 0 aliphatic carbocycles. The Balaban J connectivity index is 1.83. The van der Waals surface area contributed by atoms with Gasteiger partial charge in [0, 0.05) is 24.5 Å². The first kappa shape index (κ1) is 16.4. The van der Waals surface area contributed by atoms with Crippen molar-refractivity contribution in [3.8, 4) is 0 Å². The molecule has 24 heavy (non-hydrogen) atoms. The molecule has 1 unspecified atom stereocenters. The van der Waals surface area contributed by atoms with E-state index in [1.807, 2.05) is 38.1 Å². The lowest BCUT2D eigenvalue weighted by atomic mass is 10.0. The molecule has 0 saturated carbocycles. The Labute approximate surface area is 143 Å². The second-order valence-corrected chi connectivity index (χ2v) is 6.66. The maximum absolute atomic E-state index is 12.6. The van der Waals surface area contributed by atoms with E-state index in [0.717, 1.165) is 36.5 Å². The van der Waals surface area contributed by atoms with Crippen LogP contribution in [0.1, 0.15) is 41.5 Å². The molecule has 1 atom stereocenters. The first-order chi connectivity index (χ1) is 11.5. The summed E-state index contributed by atoms with van der Waals surface area (Å²) in [6.07, 6.45) is 2.38. The highest BCUT2D eigenvalue weighted by atomic mass is 16.1. The summed E-state index contributed by atoms with van der Waals surface area (Å²) in [4.78, 5) is 23.8. The van der Waals surface area contributed by atoms with Crippen molar-refractivity contribution in [2.75, 3.05) is 23.3 Å². The number of rotatable bonds is 3. The summed E-state index contributed by atoms with van der Waals surface area (Å²) in [6.45, 7) is 8.02. The summed E-state index contributed by atoms with van der Waals surface area (Å²) in [7, 11) is 0. The van der Waals surface area contributed by atoms with Gasteiger partial charge >= 0.3 is 0 Å². The number of anilines is 2. The van der Waals surface area contributed by atoms with Gasteiger partial charge < -0.3 is 10.2 Å². The fourth-order valence-corrected chi connectivity index (χ4v) is 3.08. The van der Waals surface area contributed by atoms with Gasteiger partial charge in [0.25, 0.3) is 5.91 Å². The summed E-state index contributed by atoms with van der Waals surface area (Å²) in [5.41, 5.74) is 3.07. The van der Waals surface area contributed by atoms with Crippen LogP contribution >= 0.6 is 0 Å². The van der Waals surface area contributed by atoms with Crippen LogP contribution in [0, 0.1) is 19.8 Å². The van der Waals surface area contributed by atoms with Gasteiger partial charge in [-0.1, -0.05) is 25.1 Å². The van der Waals surface area contributed by atoms with E-state index in [-0.39, 0.29) is 5.91 Å². The number of benzene rings is 1. The fourth-order valence-electron chi connectivity index (χ4n) is 3.08. The van der Waals surface area contributed by atoms with E-state index in [9.17, 15) is 4.79 Å². The molecular formula is C19H24N4O. The average Bonchev–Trinajstić information content (AvgIpc) is 2.56. The molecular weight excluding hydrogens is 300 g/mol. The van der Waals surface area contributed by atoms with Gasteiger partial charge in [-0.25, -0.2) is 9.97 Å². The van der Waals surface area contributed by atoms with E-state index in [4.69, 9.17) is 0 Å². The van der Waals surface area contributed by atoms with Crippen molar-refractivity contribution < 1.29 is 4.79 Å². The summed E-state index contributed by atoms with van der Waals surface area (Å²) < 4.78 is 0. The summed E-state index contributed by atoms with van der Waals surface area (Å²) in [5, 5.41) is 2.94. The third-order valence-corrected chi connectivity index (χ3v) is 4.41. The van der Waals surface area contributed by atoms with Crippen molar-refractivity contribution in [1.29, 1.82) is 0 Å². The number of para-hydroxylation sites is 1. The van der Waals surface area contributed by atoms with E-state index in [2.05, 4.69) is 27.1 Å². The molecule has 1 amide bonds. The number of hydrogen-bond donors (Lipinski definition) is 1. The van der Waals surface area contributed by atoms with Crippen LogP contribution in [0.25, 0.3) is 0 Å². The maximum Gasteiger partial charge on any atom is 0.274 e. The van der Waals surface area contributed by atoms with Crippen molar-refractivity contribution >= 4 is 17.5 Å². The highest BCUT2D eigenvalue weighted by Gasteiger charge is 2.20. The van der Waals surface area contributed by atoms with E-state index in [1.54, 1.807) is 6.07 Å². The molecule has 0 spiro atoms. The largest absolute Gasteiger partial charge is 0.341 e. The maximum atomic E-state index is 12.6. The van der Waals surface area contributed by atoms with E-state index in [1.165, 1.54) is 6.42 Å². The monoisotopic (exact) mass is 324 g/mol. The highest BCUT2D eigenvalue weighted by Crippen LogP contribution is 2.21. The van der Waals surface area contributed by atoms with Gasteiger partial charge in [0.05, 0.1) is 0 Å². The Morgan fingerprint density at radius 2 is 2.04 bits per heavy atom. The lowest BCUT2D eigenvalue weighted by Gasteiger charge is -2.31. The normalized spacial score (nSPS) is 17.6. The van der Waals surface area contributed by atoms with Crippen LogP contribution in [0.5, 0.6) is 0 Å². The van der Waals surface area contributed by atoms with Crippen LogP contribution in [-0.4, -0.2) is 29.0 Å². The third-order valence-electron chi connectivity index (χ3n) is 4.41. The van der Waals surface area contributed by atoms with Crippen LogP contribution < -0.4 is 10.2 Å². The molecule has 5 heteroatoms. The zero-order chi connectivity index (χ0) is 17.1. The van der Waals surface area contributed by atoms with Crippen LogP contribution in [0.4, 0.5) is 11.6 Å². The molecule has 1 saturated heterocycles. The third kappa shape index (κ3) is 3.72. The molecule has 1 aromatic carbocycles. The minimum atomic E-state index is -0.193. The average molecular weight is 324 g/mol. The number of piperidine rings is 1. The highest BCUT2D eigenvalue weighted by molar-refractivity contribution is 6.03. The molecule has 126 valence electrons. The minimum Gasteiger partial charge on any atom is -0.341 e. The van der Waals surface area contributed by atoms with Crippen molar-refractivity contribution in [1.82, 2.24) is 9.97 Å². The Bertz CT molecular complexity index is 744. The Hall–Kier alpha value is -2.43. The standard InChI is InChI=1S/C19H24N4O/c1-13-7-6-10-23(12-13)19-20-15(3)11-17(22-19)18(24)21-16-9-5-4-8-14(16)2/h4-5,8-9,11,13H,6-7,10,12H2,1-3H3,(H,21,24). The molecule has 1 aromatic heterocycles. The van der Waals surface area contributed by atoms with Crippen molar-refractivity contribution in [2.24, 2.45) is 5.92 Å². The summed E-state index contributed by atoms with van der Waals surface area (Å²) >= 11 is 0. The second-order valence-electron chi connectivity index (χ2n) is 6.66. The molecule has 2 aromatic rings. The first-order valence-electron chi connectivity index (χ1n) is 8.50. The van der Waals surface area contributed by atoms with Gasteiger partial charge in [-0.15, -0.1) is 0 Å². The number of hydrogen-bond acceptors (Lipinski definition) is 4. The molecule has 2 heterocycles. The predicted octanol–water partition coefficient (Wildman–Crippen LogP) is 3.58. The molecule has 1 aliphatic heterocycles. The SMILES string of the molecule is Cc1cc(C(=O)Nc2ccccc2C)nc(N2CCCC(C)C2)n1. The molecule has 3 rings (SSSR count). The predicted molar refractivity (Wildman–Crippen MR) is 96.5 cm³/mol. The first-order valence-corrected chi connectivity index (χ1v) is 8.50. The van der Waals surface area contributed by atoms with Crippen LogP contribution in [0.15, 0.2) is 30.3 Å². The molecule has 0 bridgehead atoms. The van der Waals surface area contributed by atoms with Crippen molar-refractivity contribution in [3.63, 3.8) is 0 Å². The molecule has 1 aliphatic rings. The number of carbonyl (C=O) groups is 1. The van der Waals surface area contributed by atoms with Gasteiger partial charge in [-0.3, -0.25) is 4.79 Å². The van der Waals surface area contributed by atoms with Gasteiger partial charge in [-0.2, -0.15) is 0 Å². The Morgan fingerprint density at radius 3 is 2.79 bits per heavy atom. The molecule has 1 fully saturated rings. The zero-order valence-corrected chi connectivity index (χ0v) is 14.5. The number of amides is 1. The fraction of sp³-hybridized carbons (Fsp3) is 0.421. The van der Waals surface area contributed by atoms with Crippen LogP contribution in [0.3, 0.4) is 0 Å². The van der Waals surface area contributed by atoms with Gasteiger partial charge in [0.1, 0.15) is 5.69 Å². The lowest BCUT2D eigenvalue weighted by Crippen LogP contribution is -2.36. The second kappa shape index (κ2) is 6.99. The van der Waals surface area contributed by atoms with E-state index >= 15 is 0 Å². The zero-order valence-electron chi connectivity index (χ0n) is 14.5. The Kier molecular flexibility index (Phi) is 4.79. The van der Waals surface area contributed by atoms with Crippen molar-refractivity contribution in [3.05, 3.63) is 47.3 Å².